The van der Waals surface area contributed by atoms with E-state index in [0.717, 1.165) is 11.1 Å². The summed E-state index contributed by atoms with van der Waals surface area (Å²) < 4.78 is 15.1. The number of fused-ring (bicyclic) bond motifs is 1. The van der Waals surface area contributed by atoms with Crippen LogP contribution in [0, 0.1) is 5.82 Å². The molecule has 37 heavy (non-hydrogen) atoms. The standard InChI is InChI=1S/C27H30FN7O2/c1-26(2,3)19-14-21(17-6-8-18(28)9-7-17)32-35-15-22(30-23(19)35)25(37)34-13-12-33(16-27(34,4)5)24(36)20-10-11-29-31-20/h6-11,14-15H,12-13,16H2,1-5H3,(H,29,31). The minimum absolute atomic E-state index is 0.141. The highest BCUT2D eigenvalue weighted by Crippen LogP contribution is 2.31. The van der Waals surface area contributed by atoms with Crippen LogP contribution < -0.4 is 0 Å². The van der Waals surface area contributed by atoms with Crippen molar-refractivity contribution in [2.45, 2.75) is 45.6 Å². The number of carbonyl (C=O) groups excluding carboxylic acids is 2. The lowest BCUT2D eigenvalue weighted by molar-refractivity contribution is 0.0163. The van der Waals surface area contributed by atoms with Gasteiger partial charge in [-0.15, -0.1) is 0 Å². The van der Waals surface area contributed by atoms with Crippen molar-refractivity contribution in [1.82, 2.24) is 34.6 Å². The summed E-state index contributed by atoms with van der Waals surface area (Å²) in [6.45, 7) is 11.3. The number of rotatable bonds is 3. The third-order valence-electron chi connectivity index (χ3n) is 6.76. The number of H-pyrrole nitrogens is 1. The quantitative estimate of drug-likeness (QED) is 0.457. The Balaban J connectivity index is 1.47. The van der Waals surface area contributed by atoms with E-state index in [2.05, 4.69) is 31.0 Å². The molecule has 5 rings (SSSR count). The SMILES string of the molecule is CC(C)(C)c1cc(-c2ccc(F)cc2)nn2cc(C(=O)N3CCN(C(=O)c4ccn[nH]4)CC3(C)C)nc12. The van der Waals surface area contributed by atoms with Crippen molar-refractivity contribution in [2.24, 2.45) is 0 Å². The van der Waals surface area contributed by atoms with E-state index in [9.17, 15) is 14.0 Å². The van der Waals surface area contributed by atoms with E-state index in [1.807, 2.05) is 19.9 Å². The summed E-state index contributed by atoms with van der Waals surface area (Å²) in [5, 5.41) is 11.3. The van der Waals surface area contributed by atoms with Gasteiger partial charge in [-0.1, -0.05) is 20.8 Å². The number of piperazine rings is 1. The Hall–Kier alpha value is -4.08. The summed E-state index contributed by atoms with van der Waals surface area (Å²) in [6.07, 6.45) is 3.20. The molecule has 1 aliphatic heterocycles. The molecule has 0 aliphatic carbocycles. The molecule has 1 saturated heterocycles. The van der Waals surface area contributed by atoms with E-state index < -0.39 is 5.54 Å². The zero-order chi connectivity index (χ0) is 26.5. The van der Waals surface area contributed by atoms with Crippen LogP contribution in [0.25, 0.3) is 16.9 Å². The van der Waals surface area contributed by atoms with Gasteiger partial charge in [-0.25, -0.2) is 13.9 Å². The molecular weight excluding hydrogens is 473 g/mol. The Kier molecular flexibility index (Phi) is 5.85. The minimum atomic E-state index is -0.611. The highest BCUT2D eigenvalue weighted by Gasteiger charge is 2.40. The van der Waals surface area contributed by atoms with Gasteiger partial charge in [-0.2, -0.15) is 10.2 Å². The molecule has 10 heteroatoms. The van der Waals surface area contributed by atoms with Crippen LogP contribution in [0.3, 0.4) is 0 Å². The number of aromatic amines is 1. The molecule has 4 aromatic rings. The Morgan fingerprint density at radius 2 is 1.78 bits per heavy atom. The van der Waals surface area contributed by atoms with E-state index in [1.54, 1.807) is 44.9 Å². The van der Waals surface area contributed by atoms with Crippen molar-refractivity contribution in [3.05, 3.63) is 71.6 Å². The average Bonchev–Trinajstić information content (AvgIpc) is 3.52. The average molecular weight is 504 g/mol. The Bertz CT molecular complexity index is 1470. The maximum atomic E-state index is 13.7. The van der Waals surface area contributed by atoms with Crippen molar-refractivity contribution < 1.29 is 14.0 Å². The topological polar surface area (TPSA) is 99.5 Å². The number of amides is 2. The van der Waals surface area contributed by atoms with E-state index in [1.165, 1.54) is 12.1 Å². The van der Waals surface area contributed by atoms with Gasteiger partial charge in [-0.3, -0.25) is 14.7 Å². The van der Waals surface area contributed by atoms with Gasteiger partial charge in [0.05, 0.1) is 17.4 Å². The van der Waals surface area contributed by atoms with Crippen molar-refractivity contribution in [3.63, 3.8) is 0 Å². The lowest BCUT2D eigenvalue weighted by Gasteiger charge is -2.46. The fourth-order valence-electron chi connectivity index (χ4n) is 4.78. The van der Waals surface area contributed by atoms with Crippen LogP contribution in [0.1, 0.15) is 61.2 Å². The van der Waals surface area contributed by atoms with Gasteiger partial charge in [0.2, 0.25) is 0 Å². The molecule has 1 aliphatic rings. The van der Waals surface area contributed by atoms with Gasteiger partial charge in [0.15, 0.2) is 5.65 Å². The highest BCUT2D eigenvalue weighted by molar-refractivity contribution is 5.95. The first kappa shape index (κ1) is 24.6. The fraction of sp³-hybridized carbons (Fsp3) is 0.370. The van der Waals surface area contributed by atoms with Crippen LogP contribution in [0.5, 0.6) is 0 Å². The predicted molar refractivity (Wildman–Crippen MR) is 137 cm³/mol. The van der Waals surface area contributed by atoms with Gasteiger partial charge >= 0.3 is 0 Å². The van der Waals surface area contributed by atoms with Crippen LogP contribution in [0.2, 0.25) is 0 Å². The fourth-order valence-corrected chi connectivity index (χ4v) is 4.78. The number of imidazole rings is 1. The number of aromatic nitrogens is 5. The second kappa shape index (κ2) is 8.79. The van der Waals surface area contributed by atoms with Crippen LogP contribution in [-0.2, 0) is 5.41 Å². The zero-order valence-electron chi connectivity index (χ0n) is 21.6. The molecule has 2 amide bonds. The molecule has 0 atom stereocenters. The number of nitrogens with one attached hydrogen (secondary N) is 1. The van der Waals surface area contributed by atoms with Crippen molar-refractivity contribution >= 4 is 17.5 Å². The summed E-state index contributed by atoms with van der Waals surface area (Å²) >= 11 is 0. The van der Waals surface area contributed by atoms with E-state index >= 15 is 0 Å². The van der Waals surface area contributed by atoms with E-state index in [4.69, 9.17) is 10.1 Å². The summed E-state index contributed by atoms with van der Waals surface area (Å²) in [4.78, 5) is 34.7. The number of halogens is 1. The summed E-state index contributed by atoms with van der Waals surface area (Å²) in [5.74, 6) is -0.671. The Labute approximate surface area is 214 Å². The van der Waals surface area contributed by atoms with Crippen LogP contribution in [0.4, 0.5) is 4.39 Å². The van der Waals surface area contributed by atoms with Crippen LogP contribution >= 0.6 is 0 Å². The van der Waals surface area contributed by atoms with Crippen LogP contribution in [-0.4, -0.2) is 71.6 Å². The largest absolute Gasteiger partial charge is 0.333 e. The molecule has 1 fully saturated rings. The normalized spacial score (nSPS) is 15.8. The molecule has 0 unspecified atom stereocenters. The molecule has 1 aromatic carbocycles. The van der Waals surface area contributed by atoms with Gasteiger partial charge < -0.3 is 9.80 Å². The molecule has 0 saturated carbocycles. The first-order valence-corrected chi connectivity index (χ1v) is 12.2. The van der Waals surface area contributed by atoms with Crippen molar-refractivity contribution in [1.29, 1.82) is 0 Å². The molecule has 3 aromatic heterocycles. The molecular formula is C27H30FN7O2. The van der Waals surface area contributed by atoms with Gasteiger partial charge in [0, 0.05) is 37.0 Å². The summed E-state index contributed by atoms with van der Waals surface area (Å²) in [6, 6.07) is 9.77. The number of hydrogen-bond acceptors (Lipinski definition) is 5. The summed E-state index contributed by atoms with van der Waals surface area (Å²) in [5.41, 5.74) is 2.80. The third-order valence-corrected chi connectivity index (χ3v) is 6.76. The van der Waals surface area contributed by atoms with E-state index in [0.29, 0.717) is 36.7 Å². The van der Waals surface area contributed by atoms with Gasteiger partial charge in [0.1, 0.15) is 17.2 Å². The van der Waals surface area contributed by atoms with Gasteiger partial charge in [-0.05, 0) is 55.7 Å². The molecule has 4 heterocycles. The second-order valence-corrected chi connectivity index (χ2v) is 11.1. The molecule has 0 radical (unpaired) electrons. The first-order chi connectivity index (χ1) is 17.4. The van der Waals surface area contributed by atoms with E-state index in [-0.39, 0.29) is 28.7 Å². The van der Waals surface area contributed by atoms with Gasteiger partial charge in [0.25, 0.3) is 11.8 Å². The predicted octanol–water partition coefficient (Wildman–Crippen LogP) is 3.93. The molecule has 1 N–H and O–H groups in total. The minimum Gasteiger partial charge on any atom is -0.333 e. The lowest BCUT2D eigenvalue weighted by atomic mass is 9.87. The monoisotopic (exact) mass is 503 g/mol. The maximum absolute atomic E-state index is 13.7. The molecule has 9 nitrogen and oxygen atoms in total. The van der Waals surface area contributed by atoms with Crippen molar-refractivity contribution in [3.8, 4) is 11.3 Å². The van der Waals surface area contributed by atoms with Crippen LogP contribution in [0.15, 0.2) is 48.8 Å². The van der Waals surface area contributed by atoms with Crippen molar-refractivity contribution in [2.75, 3.05) is 19.6 Å². The Morgan fingerprint density at radius 1 is 1.05 bits per heavy atom. The Morgan fingerprint density at radius 3 is 2.41 bits per heavy atom. The maximum Gasteiger partial charge on any atom is 0.274 e. The summed E-state index contributed by atoms with van der Waals surface area (Å²) in [7, 11) is 0. The zero-order valence-corrected chi connectivity index (χ0v) is 21.6. The number of carbonyl (C=O) groups is 2. The second-order valence-electron chi connectivity index (χ2n) is 11.1. The smallest absolute Gasteiger partial charge is 0.274 e. The molecule has 0 bridgehead atoms. The number of benzene rings is 1. The first-order valence-electron chi connectivity index (χ1n) is 12.2. The lowest BCUT2D eigenvalue weighted by Crippen LogP contribution is -2.62. The molecule has 0 spiro atoms. The number of hydrogen-bond donors (Lipinski definition) is 1. The third kappa shape index (κ3) is 4.59. The molecule has 192 valence electrons. The highest BCUT2D eigenvalue weighted by atomic mass is 19.1. The number of nitrogens with zero attached hydrogens (tertiary/aromatic N) is 6.